The van der Waals surface area contributed by atoms with Gasteiger partial charge in [0.25, 0.3) is 5.91 Å². The van der Waals surface area contributed by atoms with Crippen molar-refractivity contribution in [1.82, 2.24) is 0 Å². The molecule has 0 aromatic heterocycles. The highest BCUT2D eigenvalue weighted by atomic mass is 35.5. The monoisotopic (exact) mass is 435 g/mol. The fourth-order valence-corrected chi connectivity index (χ4v) is 3.04. The van der Waals surface area contributed by atoms with Crippen LogP contribution in [0.3, 0.4) is 0 Å². The molecule has 1 amide bonds. The van der Waals surface area contributed by atoms with Crippen molar-refractivity contribution < 1.29 is 23.9 Å². The SMILES string of the molecule is CC(=O)c1ccccc1NC(=O)COC(=O)c1ccccc1C(=O)c1ccc(Cl)cc1. The molecular formula is C24H18ClNO5. The summed E-state index contributed by atoms with van der Waals surface area (Å²) in [5.41, 5.74) is 1.23. The fraction of sp³-hybridized carbons (Fsp3) is 0.0833. The molecule has 0 aliphatic carbocycles. The van der Waals surface area contributed by atoms with Crippen LogP contribution in [-0.4, -0.2) is 30.0 Å². The lowest BCUT2D eigenvalue weighted by molar-refractivity contribution is -0.119. The number of ketones is 2. The number of carbonyl (C=O) groups is 4. The lowest BCUT2D eigenvalue weighted by Crippen LogP contribution is -2.22. The van der Waals surface area contributed by atoms with Crippen molar-refractivity contribution in [3.63, 3.8) is 0 Å². The Morgan fingerprint density at radius 1 is 0.806 bits per heavy atom. The second-order valence-corrected chi connectivity index (χ2v) is 7.04. The molecule has 0 atom stereocenters. The molecule has 6 nitrogen and oxygen atoms in total. The molecule has 7 heteroatoms. The molecule has 0 fully saturated rings. The maximum Gasteiger partial charge on any atom is 0.339 e. The number of anilines is 1. The highest BCUT2D eigenvalue weighted by molar-refractivity contribution is 6.30. The number of ether oxygens (including phenoxy) is 1. The van der Waals surface area contributed by atoms with Crippen LogP contribution in [0.5, 0.6) is 0 Å². The zero-order valence-electron chi connectivity index (χ0n) is 16.6. The molecule has 3 aromatic rings. The van der Waals surface area contributed by atoms with Crippen LogP contribution in [0.15, 0.2) is 72.8 Å². The van der Waals surface area contributed by atoms with Gasteiger partial charge in [0.05, 0.1) is 11.3 Å². The van der Waals surface area contributed by atoms with E-state index >= 15 is 0 Å². The topological polar surface area (TPSA) is 89.5 Å². The fourth-order valence-electron chi connectivity index (χ4n) is 2.91. The van der Waals surface area contributed by atoms with Gasteiger partial charge in [-0.15, -0.1) is 0 Å². The van der Waals surface area contributed by atoms with Crippen molar-refractivity contribution in [3.8, 4) is 0 Å². The van der Waals surface area contributed by atoms with Gasteiger partial charge >= 0.3 is 5.97 Å². The molecule has 0 aliphatic heterocycles. The van der Waals surface area contributed by atoms with Gasteiger partial charge in [0.2, 0.25) is 0 Å². The first kappa shape index (κ1) is 21.9. The third-order valence-electron chi connectivity index (χ3n) is 4.41. The Bertz CT molecular complexity index is 1150. The molecule has 156 valence electrons. The third-order valence-corrected chi connectivity index (χ3v) is 4.66. The van der Waals surface area contributed by atoms with Gasteiger partial charge in [-0.25, -0.2) is 4.79 Å². The number of esters is 1. The summed E-state index contributed by atoms with van der Waals surface area (Å²) in [7, 11) is 0. The van der Waals surface area contributed by atoms with Crippen molar-refractivity contribution in [3.05, 3.63) is 100 Å². The van der Waals surface area contributed by atoms with Gasteiger partial charge in [0.15, 0.2) is 18.2 Å². The summed E-state index contributed by atoms with van der Waals surface area (Å²) in [5.74, 6) is -2.00. The number of hydrogen-bond acceptors (Lipinski definition) is 5. The maximum atomic E-state index is 12.8. The quantitative estimate of drug-likeness (QED) is 0.433. The van der Waals surface area contributed by atoms with Crippen LogP contribution >= 0.6 is 11.6 Å². The van der Waals surface area contributed by atoms with Gasteiger partial charge in [-0.3, -0.25) is 14.4 Å². The molecule has 0 saturated carbocycles. The minimum absolute atomic E-state index is 0.0411. The summed E-state index contributed by atoms with van der Waals surface area (Å²) in [5, 5.41) is 3.04. The summed E-state index contributed by atoms with van der Waals surface area (Å²) < 4.78 is 5.10. The third kappa shape index (κ3) is 5.43. The van der Waals surface area contributed by atoms with Gasteiger partial charge in [-0.2, -0.15) is 0 Å². The highest BCUT2D eigenvalue weighted by Crippen LogP contribution is 2.18. The van der Waals surface area contributed by atoms with Gasteiger partial charge in [0, 0.05) is 21.7 Å². The number of rotatable bonds is 7. The van der Waals surface area contributed by atoms with E-state index in [1.807, 2.05) is 0 Å². The van der Waals surface area contributed by atoms with Crippen LogP contribution in [0.4, 0.5) is 5.69 Å². The molecular weight excluding hydrogens is 418 g/mol. The Hall–Kier alpha value is -3.77. The number of halogens is 1. The summed E-state index contributed by atoms with van der Waals surface area (Å²) in [6, 6.07) is 19.0. The first-order valence-electron chi connectivity index (χ1n) is 9.33. The van der Waals surface area contributed by atoms with Crippen molar-refractivity contribution in [2.24, 2.45) is 0 Å². The van der Waals surface area contributed by atoms with Crippen molar-refractivity contribution >= 4 is 40.7 Å². The molecule has 0 bridgehead atoms. The molecule has 0 radical (unpaired) electrons. The Labute approximate surface area is 183 Å². The van der Waals surface area contributed by atoms with Crippen LogP contribution in [0.2, 0.25) is 5.02 Å². The zero-order valence-corrected chi connectivity index (χ0v) is 17.3. The van der Waals surface area contributed by atoms with Crippen molar-refractivity contribution in [2.75, 3.05) is 11.9 Å². The molecule has 0 aliphatic rings. The maximum absolute atomic E-state index is 12.8. The summed E-state index contributed by atoms with van der Waals surface area (Å²) in [6.45, 7) is 0.814. The standard InChI is InChI=1S/C24H18ClNO5/c1-15(27)18-6-4-5-9-21(18)26-22(28)14-31-24(30)20-8-3-2-7-19(20)23(29)16-10-12-17(25)13-11-16/h2-13H,14H2,1H3,(H,26,28). The summed E-state index contributed by atoms with van der Waals surface area (Å²) >= 11 is 5.86. The van der Waals surface area contributed by atoms with E-state index in [2.05, 4.69) is 5.32 Å². The zero-order chi connectivity index (χ0) is 22.4. The van der Waals surface area contributed by atoms with Crippen molar-refractivity contribution in [1.29, 1.82) is 0 Å². The first-order valence-corrected chi connectivity index (χ1v) is 9.71. The van der Waals surface area contributed by atoms with Crippen LogP contribution in [0.1, 0.15) is 43.6 Å². The van der Waals surface area contributed by atoms with Gasteiger partial charge < -0.3 is 10.1 Å². The minimum atomic E-state index is -0.812. The molecule has 3 rings (SSSR count). The molecule has 31 heavy (non-hydrogen) atoms. The van der Waals surface area contributed by atoms with E-state index in [4.69, 9.17) is 16.3 Å². The predicted molar refractivity (Wildman–Crippen MR) is 117 cm³/mol. The molecule has 0 unspecified atom stereocenters. The van der Waals surface area contributed by atoms with E-state index in [1.165, 1.54) is 19.1 Å². The molecule has 1 N–H and O–H groups in total. The Morgan fingerprint density at radius 2 is 1.39 bits per heavy atom. The largest absolute Gasteiger partial charge is 0.452 e. The second-order valence-electron chi connectivity index (χ2n) is 6.61. The Kier molecular flexibility index (Phi) is 6.95. The lowest BCUT2D eigenvalue weighted by Gasteiger charge is -2.11. The average Bonchev–Trinajstić information content (AvgIpc) is 2.77. The number of benzene rings is 3. The molecule has 0 saturated heterocycles. The number of amides is 1. The van der Waals surface area contributed by atoms with E-state index in [9.17, 15) is 19.2 Å². The highest BCUT2D eigenvalue weighted by Gasteiger charge is 2.20. The number of carbonyl (C=O) groups excluding carboxylic acids is 4. The second kappa shape index (κ2) is 9.82. The number of Topliss-reactive ketones (excluding diaryl/α,β-unsaturated/α-hetero) is 1. The molecule has 3 aromatic carbocycles. The van der Waals surface area contributed by atoms with E-state index in [1.54, 1.807) is 60.7 Å². The van der Waals surface area contributed by atoms with Gasteiger partial charge in [-0.1, -0.05) is 41.9 Å². The van der Waals surface area contributed by atoms with E-state index < -0.39 is 18.5 Å². The van der Waals surface area contributed by atoms with E-state index in [0.717, 1.165) is 0 Å². The summed E-state index contributed by atoms with van der Waals surface area (Å²) in [4.78, 5) is 49.2. The lowest BCUT2D eigenvalue weighted by atomic mass is 9.98. The van der Waals surface area contributed by atoms with Crippen LogP contribution in [0.25, 0.3) is 0 Å². The predicted octanol–water partition coefficient (Wildman–Crippen LogP) is 4.57. The molecule has 0 heterocycles. The van der Waals surface area contributed by atoms with Crippen LogP contribution in [0, 0.1) is 0 Å². The van der Waals surface area contributed by atoms with E-state index in [-0.39, 0.29) is 22.7 Å². The number of para-hydroxylation sites is 1. The smallest absolute Gasteiger partial charge is 0.339 e. The minimum Gasteiger partial charge on any atom is -0.452 e. The molecule has 0 spiro atoms. The van der Waals surface area contributed by atoms with E-state index in [0.29, 0.717) is 21.8 Å². The summed E-state index contributed by atoms with van der Waals surface area (Å²) in [6.07, 6.45) is 0. The van der Waals surface area contributed by atoms with Crippen molar-refractivity contribution in [2.45, 2.75) is 6.92 Å². The Balaban J connectivity index is 1.70. The normalized spacial score (nSPS) is 10.3. The van der Waals surface area contributed by atoms with Crippen LogP contribution < -0.4 is 5.32 Å². The van der Waals surface area contributed by atoms with Crippen LogP contribution in [-0.2, 0) is 9.53 Å². The van der Waals surface area contributed by atoms with Gasteiger partial charge in [0.1, 0.15) is 0 Å². The number of nitrogens with one attached hydrogen (secondary N) is 1. The average molecular weight is 436 g/mol. The first-order chi connectivity index (χ1) is 14.9. The number of hydrogen-bond donors (Lipinski definition) is 1. The Morgan fingerprint density at radius 3 is 2.03 bits per heavy atom. The van der Waals surface area contributed by atoms with Gasteiger partial charge in [-0.05, 0) is 49.4 Å².